The molecular formula is C25H32N2O5S. The molecule has 0 saturated heterocycles. The van der Waals surface area contributed by atoms with Crippen LogP contribution in [0.3, 0.4) is 0 Å². The molecule has 1 aliphatic heterocycles. The topological polar surface area (TPSA) is 93.7 Å². The molecule has 1 aliphatic rings. The monoisotopic (exact) mass is 472 g/mol. The molecule has 0 fully saturated rings. The van der Waals surface area contributed by atoms with Gasteiger partial charge in [0.2, 0.25) is 15.9 Å². The van der Waals surface area contributed by atoms with Crippen molar-refractivity contribution in [1.29, 1.82) is 0 Å². The van der Waals surface area contributed by atoms with Crippen LogP contribution in [0.4, 0.5) is 0 Å². The average molecular weight is 473 g/mol. The maximum atomic E-state index is 12.9. The van der Waals surface area contributed by atoms with Crippen LogP contribution in [0, 0.1) is 5.92 Å². The van der Waals surface area contributed by atoms with Crippen LogP contribution in [0.5, 0.6) is 11.5 Å². The first-order valence-corrected chi connectivity index (χ1v) is 12.7. The van der Waals surface area contributed by atoms with Gasteiger partial charge < -0.3 is 14.8 Å². The van der Waals surface area contributed by atoms with Gasteiger partial charge >= 0.3 is 0 Å². The van der Waals surface area contributed by atoms with Gasteiger partial charge in [0.05, 0.1) is 6.61 Å². The van der Waals surface area contributed by atoms with E-state index >= 15 is 0 Å². The summed E-state index contributed by atoms with van der Waals surface area (Å²) < 4.78 is 39.3. The van der Waals surface area contributed by atoms with Crippen molar-refractivity contribution in [2.24, 2.45) is 5.92 Å². The van der Waals surface area contributed by atoms with Crippen LogP contribution >= 0.6 is 0 Å². The molecule has 0 saturated carbocycles. The van der Waals surface area contributed by atoms with Gasteiger partial charge in [-0.05, 0) is 43.5 Å². The molecule has 33 heavy (non-hydrogen) atoms. The number of benzene rings is 2. The zero-order chi connectivity index (χ0) is 24.0. The lowest BCUT2D eigenvalue weighted by Gasteiger charge is -2.21. The van der Waals surface area contributed by atoms with Crippen LogP contribution in [-0.4, -0.2) is 33.1 Å². The lowest BCUT2D eigenvalue weighted by atomic mass is 10.0. The van der Waals surface area contributed by atoms with E-state index in [1.165, 1.54) is 6.08 Å². The largest absolute Gasteiger partial charge is 0.494 e. The van der Waals surface area contributed by atoms with Crippen LogP contribution in [0.25, 0.3) is 6.08 Å². The second-order valence-electron chi connectivity index (χ2n) is 8.45. The highest BCUT2D eigenvalue weighted by Crippen LogP contribution is 2.35. The van der Waals surface area contributed by atoms with Crippen molar-refractivity contribution in [2.45, 2.75) is 52.8 Å². The van der Waals surface area contributed by atoms with E-state index in [0.717, 1.165) is 34.3 Å². The van der Waals surface area contributed by atoms with Gasteiger partial charge in [0.1, 0.15) is 23.6 Å². The molecule has 0 aromatic heterocycles. The lowest BCUT2D eigenvalue weighted by molar-refractivity contribution is -0.123. The van der Waals surface area contributed by atoms with Crippen LogP contribution in [0.15, 0.2) is 47.9 Å². The number of hydrogen-bond acceptors (Lipinski definition) is 5. The molecule has 1 unspecified atom stereocenters. The molecule has 0 aliphatic carbocycles. The van der Waals surface area contributed by atoms with Gasteiger partial charge in [-0.25, -0.2) is 8.42 Å². The minimum absolute atomic E-state index is 0.1000. The van der Waals surface area contributed by atoms with E-state index in [1.807, 2.05) is 44.2 Å². The molecular weight excluding hydrogens is 440 g/mol. The highest BCUT2D eigenvalue weighted by molar-refractivity contribution is 7.92. The van der Waals surface area contributed by atoms with Gasteiger partial charge in [0.15, 0.2) is 0 Å². The Morgan fingerprint density at radius 3 is 2.64 bits per heavy atom. The quantitative estimate of drug-likeness (QED) is 0.551. The number of ether oxygens (including phenoxy) is 2. The van der Waals surface area contributed by atoms with Crippen molar-refractivity contribution < 1.29 is 22.7 Å². The van der Waals surface area contributed by atoms with Gasteiger partial charge in [0.25, 0.3) is 0 Å². The van der Waals surface area contributed by atoms with Crippen molar-refractivity contribution in [1.82, 2.24) is 10.0 Å². The summed E-state index contributed by atoms with van der Waals surface area (Å²) in [4.78, 5) is 12.9. The number of carbonyl (C=O) groups excluding carboxylic acids is 1. The SMILES string of the molecule is CCOc1cc2c(cc1CNC(=O)[C@@H](NS(=O)(=O)/C=C/c1ccccc1)C(C)C)OC(C)C2. The average Bonchev–Trinajstić information content (AvgIpc) is 3.14. The number of carbonyl (C=O) groups is 1. The third-order valence-electron chi connectivity index (χ3n) is 5.31. The first-order chi connectivity index (χ1) is 15.7. The van der Waals surface area contributed by atoms with E-state index in [0.29, 0.717) is 12.4 Å². The fourth-order valence-corrected chi connectivity index (χ4v) is 4.79. The fourth-order valence-electron chi connectivity index (χ4n) is 3.64. The Balaban J connectivity index is 1.70. The molecule has 3 rings (SSSR count). The molecule has 0 radical (unpaired) electrons. The highest BCUT2D eigenvalue weighted by atomic mass is 32.2. The molecule has 7 nitrogen and oxygen atoms in total. The standard InChI is InChI=1S/C25H32N2O5S/c1-5-31-22-14-20-13-18(4)32-23(20)15-21(22)16-26-25(28)24(17(2)3)27-33(29,30)12-11-19-9-7-6-8-10-19/h6-12,14-15,17-18,24,27H,5,13,16H2,1-4H3,(H,26,28)/b12-11+/t18?,24-/m0/s1. The summed E-state index contributed by atoms with van der Waals surface area (Å²) in [5, 5.41) is 3.93. The molecule has 8 heteroatoms. The molecule has 2 aromatic carbocycles. The summed E-state index contributed by atoms with van der Waals surface area (Å²) >= 11 is 0. The summed E-state index contributed by atoms with van der Waals surface area (Å²) in [7, 11) is -3.82. The molecule has 0 bridgehead atoms. The predicted octanol–water partition coefficient (Wildman–Crippen LogP) is 3.64. The minimum Gasteiger partial charge on any atom is -0.494 e. The van der Waals surface area contributed by atoms with Crippen molar-refractivity contribution in [2.75, 3.05) is 6.61 Å². The highest BCUT2D eigenvalue weighted by Gasteiger charge is 2.27. The van der Waals surface area contributed by atoms with Gasteiger partial charge in [0, 0.05) is 29.5 Å². The second kappa shape index (κ2) is 10.9. The Hall–Kier alpha value is -2.84. The van der Waals surface area contributed by atoms with E-state index < -0.39 is 22.0 Å². The van der Waals surface area contributed by atoms with Crippen molar-refractivity contribution >= 4 is 22.0 Å². The maximum Gasteiger partial charge on any atom is 0.238 e. The Morgan fingerprint density at radius 1 is 1.24 bits per heavy atom. The summed E-state index contributed by atoms with van der Waals surface area (Å²) in [5.41, 5.74) is 2.62. The number of sulfonamides is 1. The maximum absolute atomic E-state index is 12.9. The summed E-state index contributed by atoms with van der Waals surface area (Å²) in [6.45, 7) is 8.20. The number of rotatable bonds is 10. The van der Waals surface area contributed by atoms with Crippen molar-refractivity contribution in [3.63, 3.8) is 0 Å². The third kappa shape index (κ3) is 6.82. The van der Waals surface area contributed by atoms with Gasteiger partial charge in [-0.15, -0.1) is 0 Å². The van der Waals surface area contributed by atoms with E-state index in [4.69, 9.17) is 9.47 Å². The molecule has 178 valence electrons. The zero-order valence-corrected chi connectivity index (χ0v) is 20.3. The van der Waals surface area contributed by atoms with Gasteiger partial charge in [-0.1, -0.05) is 44.2 Å². The number of nitrogens with one attached hydrogen (secondary N) is 2. The molecule has 2 N–H and O–H groups in total. The van der Waals surface area contributed by atoms with Gasteiger partial charge in [-0.3, -0.25) is 4.79 Å². The van der Waals surface area contributed by atoms with Crippen molar-refractivity contribution in [3.05, 3.63) is 64.6 Å². The summed E-state index contributed by atoms with van der Waals surface area (Å²) in [5.74, 6) is 0.837. The Bertz CT molecular complexity index is 1100. The summed E-state index contributed by atoms with van der Waals surface area (Å²) in [6.07, 6.45) is 2.41. The normalized spacial score (nSPS) is 16.5. The summed E-state index contributed by atoms with van der Waals surface area (Å²) in [6, 6.07) is 12.0. The van der Waals surface area contributed by atoms with Gasteiger partial charge in [-0.2, -0.15) is 4.72 Å². The number of amides is 1. The van der Waals surface area contributed by atoms with E-state index in [9.17, 15) is 13.2 Å². The van der Waals surface area contributed by atoms with Crippen LogP contribution in [-0.2, 0) is 27.8 Å². The first-order valence-electron chi connectivity index (χ1n) is 11.2. The Labute approximate surface area is 196 Å². The van der Waals surface area contributed by atoms with Crippen LogP contribution < -0.4 is 19.5 Å². The smallest absolute Gasteiger partial charge is 0.238 e. The third-order valence-corrected chi connectivity index (χ3v) is 6.39. The fraction of sp³-hybridized carbons (Fsp3) is 0.400. The molecule has 0 spiro atoms. The van der Waals surface area contributed by atoms with E-state index in [2.05, 4.69) is 10.0 Å². The Morgan fingerprint density at radius 2 is 1.97 bits per heavy atom. The van der Waals surface area contributed by atoms with E-state index in [-0.39, 0.29) is 18.6 Å². The number of fused-ring (bicyclic) bond motifs is 1. The van der Waals surface area contributed by atoms with Crippen molar-refractivity contribution in [3.8, 4) is 11.5 Å². The van der Waals surface area contributed by atoms with E-state index in [1.54, 1.807) is 26.0 Å². The molecule has 2 aromatic rings. The molecule has 1 amide bonds. The first kappa shape index (κ1) is 24.8. The van der Waals surface area contributed by atoms with Crippen LogP contribution in [0.2, 0.25) is 0 Å². The number of hydrogen-bond donors (Lipinski definition) is 2. The second-order valence-corrected chi connectivity index (χ2v) is 10.0. The minimum atomic E-state index is -3.82. The molecule has 2 atom stereocenters. The Kier molecular flexibility index (Phi) is 8.15. The lowest BCUT2D eigenvalue weighted by Crippen LogP contribution is -2.48. The predicted molar refractivity (Wildman–Crippen MR) is 129 cm³/mol. The zero-order valence-electron chi connectivity index (χ0n) is 19.5. The van der Waals surface area contributed by atoms with Crippen LogP contribution in [0.1, 0.15) is 44.4 Å². The molecule has 1 heterocycles.